The Morgan fingerprint density at radius 3 is 2.64 bits per heavy atom. The normalized spacial score (nSPS) is 14.3. The van der Waals surface area contributed by atoms with Gasteiger partial charge in [0.1, 0.15) is 0 Å². The molecule has 1 aliphatic rings. The first-order valence-electron chi connectivity index (χ1n) is 8.04. The molecule has 1 aromatic carbocycles. The van der Waals surface area contributed by atoms with Gasteiger partial charge in [-0.15, -0.1) is 5.10 Å². The second-order valence-electron chi connectivity index (χ2n) is 5.45. The van der Waals surface area contributed by atoms with Gasteiger partial charge in [-0.2, -0.15) is 10.1 Å². The van der Waals surface area contributed by atoms with Crippen LogP contribution in [0.2, 0.25) is 5.02 Å². The second-order valence-corrected chi connectivity index (χ2v) is 5.88. The minimum atomic E-state index is -0.278. The molecule has 132 valence electrons. The van der Waals surface area contributed by atoms with E-state index in [1.54, 1.807) is 30.2 Å². The Morgan fingerprint density at radius 1 is 1.24 bits per heavy atom. The van der Waals surface area contributed by atoms with Gasteiger partial charge in [0.05, 0.1) is 12.8 Å². The van der Waals surface area contributed by atoms with Crippen LogP contribution in [0.15, 0.2) is 30.5 Å². The molecule has 0 spiro atoms. The van der Waals surface area contributed by atoms with Crippen molar-refractivity contribution in [3.63, 3.8) is 0 Å². The Kier molecular flexibility index (Phi) is 5.49. The van der Waals surface area contributed by atoms with Crippen molar-refractivity contribution < 1.29 is 9.53 Å². The largest absolute Gasteiger partial charge is 0.450 e. The first-order chi connectivity index (χ1) is 12.2. The van der Waals surface area contributed by atoms with E-state index in [1.165, 1.54) is 0 Å². The van der Waals surface area contributed by atoms with Crippen molar-refractivity contribution in [1.29, 1.82) is 0 Å². The number of nitrogens with one attached hydrogen (secondary N) is 1. The van der Waals surface area contributed by atoms with E-state index in [9.17, 15) is 4.79 Å². The number of rotatable bonds is 4. The lowest BCUT2D eigenvalue weighted by atomic mass is 10.3. The summed E-state index contributed by atoms with van der Waals surface area (Å²) in [4.78, 5) is 19.9. The van der Waals surface area contributed by atoms with Crippen LogP contribution in [0.5, 0.6) is 0 Å². The summed E-state index contributed by atoms with van der Waals surface area (Å²) < 4.78 is 5.02. The van der Waals surface area contributed by atoms with Crippen LogP contribution in [0, 0.1) is 0 Å². The number of hydrogen-bond donors (Lipinski definition) is 1. The lowest BCUT2D eigenvalue weighted by Crippen LogP contribution is -2.49. The number of ether oxygens (including phenoxy) is 1. The molecule has 1 fully saturated rings. The zero-order valence-electron chi connectivity index (χ0n) is 13.9. The van der Waals surface area contributed by atoms with Gasteiger partial charge in [-0.1, -0.05) is 11.6 Å². The summed E-state index contributed by atoms with van der Waals surface area (Å²) in [6.45, 7) is 4.57. The molecule has 3 rings (SSSR count). The van der Waals surface area contributed by atoms with E-state index >= 15 is 0 Å². The molecule has 1 aliphatic heterocycles. The number of benzene rings is 1. The van der Waals surface area contributed by atoms with Crippen LogP contribution in [-0.2, 0) is 4.74 Å². The van der Waals surface area contributed by atoms with Gasteiger partial charge in [0, 0.05) is 36.9 Å². The number of piperazine rings is 1. The number of carbonyl (C=O) groups is 1. The molecule has 0 aliphatic carbocycles. The second kappa shape index (κ2) is 7.98. The van der Waals surface area contributed by atoms with Crippen molar-refractivity contribution in [2.75, 3.05) is 43.0 Å². The molecule has 0 atom stereocenters. The molecular formula is C16H19ClN6O2. The zero-order valence-corrected chi connectivity index (χ0v) is 14.6. The molecule has 2 heterocycles. The van der Waals surface area contributed by atoms with Gasteiger partial charge in [-0.25, -0.2) is 4.79 Å². The number of carbonyl (C=O) groups excluding carboxylic acids is 1. The van der Waals surface area contributed by atoms with Crippen molar-refractivity contribution in [2.45, 2.75) is 6.92 Å². The third-order valence-electron chi connectivity index (χ3n) is 3.75. The van der Waals surface area contributed by atoms with E-state index in [0.29, 0.717) is 49.6 Å². The van der Waals surface area contributed by atoms with E-state index < -0.39 is 0 Å². The van der Waals surface area contributed by atoms with Crippen LogP contribution >= 0.6 is 11.6 Å². The molecule has 0 bridgehead atoms. The van der Waals surface area contributed by atoms with Crippen LogP contribution in [-0.4, -0.2) is 59.0 Å². The van der Waals surface area contributed by atoms with Gasteiger partial charge < -0.3 is 19.9 Å². The van der Waals surface area contributed by atoms with Gasteiger partial charge in [-0.3, -0.25) is 0 Å². The molecule has 9 heteroatoms. The number of amides is 1. The Balaban J connectivity index is 1.62. The summed E-state index contributed by atoms with van der Waals surface area (Å²) >= 11 is 5.89. The van der Waals surface area contributed by atoms with E-state index in [2.05, 4.69) is 20.5 Å². The predicted octanol–water partition coefficient (Wildman–Crippen LogP) is 2.55. The van der Waals surface area contributed by atoms with E-state index in [1.807, 2.05) is 17.0 Å². The van der Waals surface area contributed by atoms with Crippen LogP contribution < -0.4 is 10.2 Å². The summed E-state index contributed by atoms with van der Waals surface area (Å²) in [5.41, 5.74) is 0.864. The van der Waals surface area contributed by atoms with Crippen molar-refractivity contribution in [3.05, 3.63) is 35.5 Å². The maximum absolute atomic E-state index is 11.7. The quantitative estimate of drug-likeness (QED) is 0.894. The van der Waals surface area contributed by atoms with Crippen LogP contribution in [0.4, 0.5) is 22.2 Å². The van der Waals surface area contributed by atoms with E-state index in [0.717, 1.165) is 5.69 Å². The average molecular weight is 363 g/mol. The lowest BCUT2D eigenvalue weighted by molar-refractivity contribution is 0.105. The number of halogens is 1. The Hall–Kier alpha value is -2.61. The van der Waals surface area contributed by atoms with Gasteiger partial charge in [-0.05, 0) is 31.2 Å². The third-order valence-corrected chi connectivity index (χ3v) is 4.00. The molecule has 1 saturated heterocycles. The smallest absolute Gasteiger partial charge is 0.409 e. The third kappa shape index (κ3) is 4.48. The standard InChI is InChI=1S/C16H19ClN6O2/c1-2-25-16(24)23-9-7-22(8-10-23)15-20-14(11-18-21-15)19-13-5-3-12(17)4-6-13/h3-6,11H,2,7-10H2,1H3,(H,19,20,21). The maximum Gasteiger partial charge on any atom is 0.409 e. The van der Waals surface area contributed by atoms with Gasteiger partial charge in [0.15, 0.2) is 5.82 Å². The van der Waals surface area contributed by atoms with Crippen LogP contribution in [0.3, 0.4) is 0 Å². The number of aromatic nitrogens is 3. The molecule has 0 unspecified atom stereocenters. The Morgan fingerprint density at radius 2 is 1.96 bits per heavy atom. The molecule has 1 aromatic heterocycles. The topological polar surface area (TPSA) is 83.5 Å². The van der Waals surface area contributed by atoms with Crippen molar-refractivity contribution in [3.8, 4) is 0 Å². The highest BCUT2D eigenvalue weighted by Gasteiger charge is 2.23. The molecule has 1 amide bonds. The van der Waals surface area contributed by atoms with Gasteiger partial charge in [0.2, 0.25) is 5.95 Å². The van der Waals surface area contributed by atoms with Crippen molar-refractivity contribution >= 4 is 35.1 Å². The van der Waals surface area contributed by atoms with Gasteiger partial charge >= 0.3 is 6.09 Å². The molecule has 2 aromatic rings. The lowest BCUT2D eigenvalue weighted by Gasteiger charge is -2.33. The highest BCUT2D eigenvalue weighted by Crippen LogP contribution is 2.19. The average Bonchev–Trinajstić information content (AvgIpc) is 2.64. The summed E-state index contributed by atoms with van der Waals surface area (Å²) in [6.07, 6.45) is 1.28. The summed E-state index contributed by atoms with van der Waals surface area (Å²) in [5, 5.41) is 11.9. The molecule has 8 nitrogen and oxygen atoms in total. The molecule has 0 saturated carbocycles. The molecular weight excluding hydrogens is 344 g/mol. The van der Waals surface area contributed by atoms with Gasteiger partial charge in [0.25, 0.3) is 0 Å². The van der Waals surface area contributed by atoms with Crippen LogP contribution in [0.1, 0.15) is 6.92 Å². The highest BCUT2D eigenvalue weighted by molar-refractivity contribution is 6.30. The number of anilines is 3. The summed E-state index contributed by atoms with van der Waals surface area (Å²) in [7, 11) is 0. The fourth-order valence-electron chi connectivity index (χ4n) is 2.47. The molecule has 0 radical (unpaired) electrons. The summed E-state index contributed by atoms with van der Waals surface area (Å²) in [5.74, 6) is 1.13. The first-order valence-corrected chi connectivity index (χ1v) is 8.42. The first kappa shape index (κ1) is 17.2. The maximum atomic E-state index is 11.7. The predicted molar refractivity (Wildman–Crippen MR) is 95.4 cm³/mol. The SMILES string of the molecule is CCOC(=O)N1CCN(c2nncc(Nc3ccc(Cl)cc3)n2)CC1. The van der Waals surface area contributed by atoms with E-state index in [-0.39, 0.29) is 6.09 Å². The minimum absolute atomic E-state index is 0.278. The molecule has 1 N–H and O–H groups in total. The monoisotopic (exact) mass is 362 g/mol. The van der Waals surface area contributed by atoms with Crippen molar-refractivity contribution in [2.24, 2.45) is 0 Å². The zero-order chi connectivity index (χ0) is 17.6. The van der Waals surface area contributed by atoms with Crippen molar-refractivity contribution in [1.82, 2.24) is 20.1 Å². The highest BCUT2D eigenvalue weighted by atomic mass is 35.5. The summed E-state index contributed by atoms with van der Waals surface area (Å²) in [6, 6.07) is 7.33. The Bertz CT molecular complexity index is 719. The molecule has 25 heavy (non-hydrogen) atoms. The van der Waals surface area contributed by atoms with E-state index in [4.69, 9.17) is 16.3 Å². The fourth-order valence-corrected chi connectivity index (χ4v) is 2.60. The fraction of sp³-hybridized carbons (Fsp3) is 0.375. The number of nitrogens with zero attached hydrogens (tertiary/aromatic N) is 5. The number of hydrogen-bond acceptors (Lipinski definition) is 7. The minimum Gasteiger partial charge on any atom is -0.450 e. The Labute approximate surface area is 150 Å². The van der Waals surface area contributed by atoms with Crippen LogP contribution in [0.25, 0.3) is 0 Å².